The molecule has 0 saturated heterocycles. The maximum absolute atomic E-state index is 13.0. The number of nitrogens with one attached hydrogen (secondary N) is 2. The maximum Gasteiger partial charge on any atom is 0.274 e. The third kappa shape index (κ3) is 3.70. The monoisotopic (exact) mass is 433 g/mol. The number of carbonyl (C=O) groups excluding carboxylic acids is 1. The Balaban J connectivity index is 1.39. The van der Waals surface area contributed by atoms with E-state index in [4.69, 9.17) is 14.7 Å². The van der Waals surface area contributed by atoms with Crippen LogP contribution >= 0.6 is 0 Å². The van der Waals surface area contributed by atoms with E-state index in [2.05, 4.69) is 15.6 Å². The van der Waals surface area contributed by atoms with E-state index in [1.807, 2.05) is 42.1 Å². The smallest absolute Gasteiger partial charge is 0.274 e. The Morgan fingerprint density at radius 2 is 2.16 bits per heavy atom. The van der Waals surface area contributed by atoms with Gasteiger partial charge in [-0.3, -0.25) is 10.2 Å². The number of carbonyl (C=O) groups is 1. The molecule has 1 amide bonds. The zero-order chi connectivity index (χ0) is 22.1. The van der Waals surface area contributed by atoms with Gasteiger partial charge in [0.25, 0.3) is 5.91 Å². The number of aryl methyl sites for hydroxylation is 1. The fraction of sp³-hybridized carbons (Fsp3) is 0.417. The molecule has 0 radical (unpaired) electrons. The van der Waals surface area contributed by atoms with Crippen molar-refractivity contribution in [3.8, 4) is 5.69 Å². The van der Waals surface area contributed by atoms with Crippen LogP contribution in [0.4, 0.5) is 0 Å². The Bertz CT molecular complexity index is 1160. The minimum atomic E-state index is -0.172. The molecule has 32 heavy (non-hydrogen) atoms. The Hall–Kier alpha value is -3.42. The van der Waals surface area contributed by atoms with Crippen LogP contribution in [0.1, 0.15) is 77.3 Å². The van der Waals surface area contributed by atoms with Gasteiger partial charge in [0.1, 0.15) is 5.76 Å². The van der Waals surface area contributed by atoms with E-state index in [1.54, 1.807) is 0 Å². The van der Waals surface area contributed by atoms with Crippen LogP contribution in [0.3, 0.4) is 0 Å². The fourth-order valence-electron chi connectivity index (χ4n) is 4.73. The van der Waals surface area contributed by atoms with Crippen LogP contribution in [0.25, 0.3) is 5.69 Å². The van der Waals surface area contributed by atoms with Crippen molar-refractivity contribution in [1.29, 1.82) is 5.41 Å². The molecular formula is C24H27N5O3. The number of nitrogens with zero attached hydrogens (tertiary/aromatic N) is 3. The summed E-state index contributed by atoms with van der Waals surface area (Å²) in [7, 11) is 0. The Morgan fingerprint density at radius 3 is 3.03 bits per heavy atom. The summed E-state index contributed by atoms with van der Waals surface area (Å²) in [6.07, 6.45) is 8.40. The van der Waals surface area contributed by atoms with E-state index in [1.165, 1.54) is 0 Å². The first-order chi connectivity index (χ1) is 15.7. The average Bonchev–Trinajstić information content (AvgIpc) is 3.44. The van der Waals surface area contributed by atoms with Gasteiger partial charge in [-0.05, 0) is 63.6 Å². The van der Waals surface area contributed by atoms with Gasteiger partial charge >= 0.3 is 0 Å². The van der Waals surface area contributed by atoms with Gasteiger partial charge in [-0.1, -0.05) is 11.2 Å². The predicted molar refractivity (Wildman–Crippen MR) is 118 cm³/mol. The number of hydrogen-bond donors (Lipinski definition) is 2. The molecule has 1 aromatic carbocycles. The number of aromatic nitrogens is 3. The lowest BCUT2D eigenvalue weighted by Gasteiger charge is -2.24. The van der Waals surface area contributed by atoms with E-state index < -0.39 is 0 Å². The Morgan fingerprint density at radius 1 is 1.28 bits per heavy atom. The van der Waals surface area contributed by atoms with Gasteiger partial charge in [-0.2, -0.15) is 5.10 Å². The van der Waals surface area contributed by atoms with Crippen LogP contribution in [0.2, 0.25) is 0 Å². The second kappa shape index (κ2) is 8.61. The van der Waals surface area contributed by atoms with Crippen LogP contribution in [-0.4, -0.2) is 33.3 Å². The first-order valence-corrected chi connectivity index (χ1v) is 11.3. The summed E-state index contributed by atoms with van der Waals surface area (Å²) in [5, 5.41) is 19.9. The summed E-state index contributed by atoms with van der Waals surface area (Å²) in [5.41, 5.74) is 5.11. The summed E-state index contributed by atoms with van der Waals surface area (Å²) < 4.78 is 12.7. The molecule has 0 aliphatic heterocycles. The molecule has 8 heteroatoms. The quantitative estimate of drug-likeness (QED) is 0.469. The number of ether oxygens (including phenoxy) is 1. The zero-order valence-electron chi connectivity index (χ0n) is 18.2. The molecule has 2 heterocycles. The molecule has 0 fully saturated rings. The van der Waals surface area contributed by atoms with Crippen molar-refractivity contribution in [3.63, 3.8) is 0 Å². The summed E-state index contributed by atoms with van der Waals surface area (Å²) in [5.74, 6) is 0.835. The largest absolute Gasteiger partial charge is 0.478 e. The highest BCUT2D eigenvalue weighted by Crippen LogP contribution is 2.32. The number of fused-ring (bicyclic) bond motifs is 2. The molecule has 166 valence electrons. The van der Waals surface area contributed by atoms with Gasteiger partial charge < -0.3 is 14.6 Å². The van der Waals surface area contributed by atoms with E-state index in [-0.39, 0.29) is 17.8 Å². The predicted octanol–water partition coefficient (Wildman–Crippen LogP) is 3.91. The highest BCUT2D eigenvalue weighted by atomic mass is 16.5. The molecule has 0 bridgehead atoms. The number of hydrogen-bond acceptors (Lipinski definition) is 6. The highest BCUT2D eigenvalue weighted by Gasteiger charge is 2.29. The SMILES string of the molecule is CCOC(=N)c1cccc(-n2ncc3c2CCCC3NC(=O)c2noc3c2CCCC3)c1. The van der Waals surface area contributed by atoms with Gasteiger partial charge in [-0.25, -0.2) is 4.68 Å². The van der Waals surface area contributed by atoms with E-state index in [0.29, 0.717) is 17.9 Å². The second-order valence-electron chi connectivity index (χ2n) is 8.33. The number of benzene rings is 1. The summed E-state index contributed by atoms with van der Waals surface area (Å²) in [6.45, 7) is 2.32. The van der Waals surface area contributed by atoms with Crippen molar-refractivity contribution in [2.24, 2.45) is 0 Å². The Labute approximate surface area is 186 Å². The van der Waals surface area contributed by atoms with Crippen LogP contribution in [0.15, 0.2) is 35.0 Å². The molecule has 5 rings (SSSR count). The lowest BCUT2D eigenvalue weighted by Crippen LogP contribution is -2.32. The van der Waals surface area contributed by atoms with Gasteiger partial charge in [0, 0.05) is 28.8 Å². The summed E-state index contributed by atoms with van der Waals surface area (Å²) in [6, 6.07) is 7.54. The number of rotatable bonds is 5. The molecule has 1 unspecified atom stereocenters. The first-order valence-electron chi connectivity index (χ1n) is 11.3. The lowest BCUT2D eigenvalue weighted by molar-refractivity contribution is 0.0922. The molecule has 1 atom stereocenters. The molecule has 3 aromatic rings. The standard InChI is InChI=1S/C24H27N5O3/c1-2-31-23(25)15-7-5-8-16(13-15)29-20-11-6-10-19(18(20)14-26-29)27-24(30)22-17-9-3-4-12-21(17)32-28-22/h5,7-8,13-14,19,25H,2-4,6,9-12H2,1H3,(H,27,30). The first kappa shape index (κ1) is 20.5. The van der Waals surface area contributed by atoms with Crippen LogP contribution in [0.5, 0.6) is 0 Å². The number of amides is 1. The van der Waals surface area contributed by atoms with E-state index >= 15 is 0 Å². The minimum absolute atomic E-state index is 0.110. The molecule has 2 N–H and O–H groups in total. The summed E-state index contributed by atoms with van der Waals surface area (Å²) in [4.78, 5) is 13.0. The van der Waals surface area contributed by atoms with Crippen molar-refractivity contribution in [1.82, 2.24) is 20.3 Å². The average molecular weight is 434 g/mol. The van der Waals surface area contributed by atoms with Crippen molar-refractivity contribution in [3.05, 3.63) is 64.3 Å². The van der Waals surface area contributed by atoms with E-state index in [9.17, 15) is 4.79 Å². The maximum atomic E-state index is 13.0. The Kier molecular flexibility index (Phi) is 5.51. The van der Waals surface area contributed by atoms with Gasteiger partial charge in [0.15, 0.2) is 5.69 Å². The molecule has 2 aromatic heterocycles. The normalized spacial score (nSPS) is 17.3. The van der Waals surface area contributed by atoms with Crippen molar-refractivity contribution >= 4 is 11.8 Å². The molecule has 2 aliphatic rings. The summed E-state index contributed by atoms with van der Waals surface area (Å²) >= 11 is 0. The highest BCUT2D eigenvalue weighted by molar-refractivity contribution is 5.94. The van der Waals surface area contributed by atoms with Gasteiger partial charge in [0.05, 0.1) is 24.5 Å². The van der Waals surface area contributed by atoms with Crippen molar-refractivity contribution in [2.75, 3.05) is 6.61 Å². The van der Waals surface area contributed by atoms with Crippen molar-refractivity contribution < 1.29 is 14.1 Å². The molecular weight excluding hydrogens is 406 g/mol. The van der Waals surface area contributed by atoms with Crippen LogP contribution in [0, 0.1) is 5.41 Å². The van der Waals surface area contributed by atoms with Crippen LogP contribution < -0.4 is 5.32 Å². The van der Waals surface area contributed by atoms with Gasteiger partial charge in [-0.15, -0.1) is 0 Å². The molecule has 2 aliphatic carbocycles. The minimum Gasteiger partial charge on any atom is -0.478 e. The fourth-order valence-corrected chi connectivity index (χ4v) is 4.73. The van der Waals surface area contributed by atoms with Gasteiger partial charge in [0.2, 0.25) is 5.90 Å². The van der Waals surface area contributed by atoms with E-state index in [0.717, 1.165) is 73.2 Å². The zero-order valence-corrected chi connectivity index (χ0v) is 18.2. The van der Waals surface area contributed by atoms with Crippen LogP contribution in [-0.2, 0) is 24.0 Å². The topological polar surface area (TPSA) is 106 Å². The second-order valence-corrected chi connectivity index (χ2v) is 8.33. The third-order valence-corrected chi connectivity index (χ3v) is 6.30. The third-order valence-electron chi connectivity index (χ3n) is 6.30. The van der Waals surface area contributed by atoms with Crippen molar-refractivity contribution in [2.45, 2.75) is 57.9 Å². The molecule has 0 spiro atoms. The lowest BCUT2D eigenvalue weighted by atomic mass is 9.92. The molecule has 8 nitrogen and oxygen atoms in total. The molecule has 0 saturated carbocycles.